The minimum atomic E-state index is -3.52. The molecule has 9 heteroatoms. The Hall–Kier alpha value is -1.45. The number of amides is 2. The Morgan fingerprint density at radius 1 is 1.28 bits per heavy atom. The van der Waals surface area contributed by atoms with Gasteiger partial charge in [-0.25, -0.2) is 13.2 Å². The second-order valence-corrected chi connectivity index (χ2v) is 9.35. The second kappa shape index (κ2) is 7.43. The molecule has 0 aromatic heterocycles. The molecule has 2 saturated heterocycles. The zero-order valence-corrected chi connectivity index (χ0v) is 16.0. The van der Waals surface area contributed by atoms with Crippen LogP contribution in [-0.2, 0) is 10.0 Å². The van der Waals surface area contributed by atoms with Crippen molar-refractivity contribution in [2.24, 2.45) is 0 Å². The molecule has 0 spiro atoms. The van der Waals surface area contributed by atoms with Crippen molar-refractivity contribution < 1.29 is 17.9 Å². The van der Waals surface area contributed by atoms with Gasteiger partial charge in [0.1, 0.15) is 5.75 Å². The standard InChI is InChI=1S/C16H23N3O4S2/c1-12-11-24-8-7-19(12)16(20)17-13-9-18(10-13)25(21,22)15-5-3-14(23-2)4-6-15/h3-6,12-13H,7-11H2,1-2H3,(H,17,20). The van der Waals surface area contributed by atoms with E-state index in [2.05, 4.69) is 5.32 Å². The molecule has 1 aromatic carbocycles. The zero-order valence-electron chi connectivity index (χ0n) is 14.3. The number of carbonyl (C=O) groups excluding carboxylic acids is 1. The Balaban J connectivity index is 1.55. The van der Waals surface area contributed by atoms with E-state index in [4.69, 9.17) is 4.74 Å². The number of nitrogens with one attached hydrogen (secondary N) is 1. The van der Waals surface area contributed by atoms with Crippen LogP contribution >= 0.6 is 11.8 Å². The van der Waals surface area contributed by atoms with Crippen LogP contribution in [0.15, 0.2) is 29.2 Å². The van der Waals surface area contributed by atoms with Crippen molar-refractivity contribution in [3.05, 3.63) is 24.3 Å². The number of rotatable bonds is 4. The van der Waals surface area contributed by atoms with Crippen molar-refractivity contribution in [2.45, 2.75) is 23.9 Å². The summed E-state index contributed by atoms with van der Waals surface area (Å²) in [6.45, 7) is 3.37. The lowest BCUT2D eigenvalue weighted by atomic mass is 10.2. The van der Waals surface area contributed by atoms with Crippen molar-refractivity contribution in [3.8, 4) is 5.75 Å². The van der Waals surface area contributed by atoms with Crippen LogP contribution in [0.1, 0.15) is 6.92 Å². The molecule has 138 valence electrons. The first-order valence-corrected chi connectivity index (χ1v) is 10.8. The lowest BCUT2D eigenvalue weighted by molar-refractivity contribution is 0.164. The molecule has 0 saturated carbocycles. The van der Waals surface area contributed by atoms with Crippen LogP contribution in [0.4, 0.5) is 4.79 Å². The number of nitrogens with zero attached hydrogens (tertiary/aromatic N) is 2. The third kappa shape index (κ3) is 3.88. The Morgan fingerprint density at radius 2 is 1.96 bits per heavy atom. The number of sulfonamides is 1. The van der Waals surface area contributed by atoms with E-state index in [1.165, 1.54) is 23.5 Å². The van der Waals surface area contributed by atoms with Crippen molar-refractivity contribution in [1.82, 2.24) is 14.5 Å². The summed E-state index contributed by atoms with van der Waals surface area (Å²) in [5, 5.41) is 2.94. The number of urea groups is 1. The number of thioether (sulfide) groups is 1. The smallest absolute Gasteiger partial charge is 0.318 e. The summed E-state index contributed by atoms with van der Waals surface area (Å²) in [4.78, 5) is 14.4. The molecule has 3 rings (SSSR count). The van der Waals surface area contributed by atoms with E-state index in [0.29, 0.717) is 18.8 Å². The molecular weight excluding hydrogens is 362 g/mol. The Morgan fingerprint density at radius 3 is 2.56 bits per heavy atom. The number of methoxy groups -OCH3 is 1. The molecular formula is C16H23N3O4S2. The third-order valence-electron chi connectivity index (χ3n) is 4.50. The second-order valence-electron chi connectivity index (χ2n) is 6.26. The van der Waals surface area contributed by atoms with E-state index in [1.54, 1.807) is 12.1 Å². The van der Waals surface area contributed by atoms with Gasteiger partial charge >= 0.3 is 6.03 Å². The van der Waals surface area contributed by atoms with E-state index in [1.807, 2.05) is 23.6 Å². The summed E-state index contributed by atoms with van der Waals surface area (Å²) in [6.07, 6.45) is 0. The van der Waals surface area contributed by atoms with Gasteiger partial charge in [-0.2, -0.15) is 16.1 Å². The average molecular weight is 386 g/mol. The first-order chi connectivity index (χ1) is 11.9. The van der Waals surface area contributed by atoms with Crippen LogP contribution in [0.25, 0.3) is 0 Å². The van der Waals surface area contributed by atoms with Gasteiger partial charge in [-0.3, -0.25) is 0 Å². The first kappa shape index (κ1) is 18.3. The summed E-state index contributed by atoms with van der Waals surface area (Å²) in [5.74, 6) is 2.50. The zero-order chi connectivity index (χ0) is 18.0. The van der Waals surface area contributed by atoms with Crippen LogP contribution in [-0.4, -0.2) is 74.0 Å². The first-order valence-electron chi connectivity index (χ1n) is 8.21. The fourth-order valence-electron chi connectivity index (χ4n) is 2.91. The van der Waals surface area contributed by atoms with Crippen LogP contribution < -0.4 is 10.1 Å². The number of benzene rings is 1. The molecule has 7 nitrogen and oxygen atoms in total. The molecule has 1 aromatic rings. The molecule has 1 atom stereocenters. The van der Waals surface area contributed by atoms with Crippen molar-refractivity contribution in [3.63, 3.8) is 0 Å². The Labute approximate surface area is 152 Å². The molecule has 2 amide bonds. The molecule has 1 unspecified atom stereocenters. The fraction of sp³-hybridized carbons (Fsp3) is 0.562. The van der Waals surface area contributed by atoms with Gasteiger partial charge in [-0.15, -0.1) is 0 Å². The largest absolute Gasteiger partial charge is 0.497 e. The quantitative estimate of drug-likeness (QED) is 0.843. The minimum absolute atomic E-state index is 0.0979. The van der Waals surface area contributed by atoms with Crippen LogP contribution in [0.3, 0.4) is 0 Å². The Bertz CT molecular complexity index is 717. The van der Waals surface area contributed by atoms with Gasteiger partial charge in [-0.1, -0.05) is 0 Å². The highest BCUT2D eigenvalue weighted by atomic mass is 32.2. The Kier molecular flexibility index (Phi) is 5.45. The highest BCUT2D eigenvalue weighted by Gasteiger charge is 2.38. The van der Waals surface area contributed by atoms with Crippen LogP contribution in [0.2, 0.25) is 0 Å². The molecule has 2 fully saturated rings. The summed E-state index contributed by atoms with van der Waals surface area (Å²) < 4.78 is 31.5. The van der Waals surface area contributed by atoms with Gasteiger partial charge in [0.15, 0.2) is 0 Å². The number of ether oxygens (including phenoxy) is 1. The normalized spacial score (nSPS) is 22.3. The van der Waals surface area contributed by atoms with Gasteiger partial charge in [0.25, 0.3) is 0 Å². The molecule has 0 aliphatic carbocycles. The average Bonchev–Trinajstić information content (AvgIpc) is 2.57. The van der Waals surface area contributed by atoms with Gasteiger partial charge in [-0.05, 0) is 31.2 Å². The number of carbonyl (C=O) groups is 1. The molecule has 0 radical (unpaired) electrons. The summed E-state index contributed by atoms with van der Waals surface area (Å²) in [7, 11) is -1.99. The minimum Gasteiger partial charge on any atom is -0.497 e. The lowest BCUT2D eigenvalue weighted by Crippen LogP contribution is -2.63. The molecule has 2 aliphatic heterocycles. The SMILES string of the molecule is COc1ccc(S(=O)(=O)N2CC(NC(=O)N3CCSCC3C)C2)cc1. The highest BCUT2D eigenvalue weighted by molar-refractivity contribution is 7.99. The molecule has 2 aliphatic rings. The van der Waals surface area contributed by atoms with E-state index >= 15 is 0 Å². The van der Waals surface area contributed by atoms with E-state index in [0.717, 1.165) is 18.1 Å². The van der Waals surface area contributed by atoms with Gasteiger partial charge in [0.2, 0.25) is 10.0 Å². The van der Waals surface area contributed by atoms with E-state index < -0.39 is 10.0 Å². The van der Waals surface area contributed by atoms with Crippen molar-refractivity contribution in [2.75, 3.05) is 38.2 Å². The number of hydrogen-bond acceptors (Lipinski definition) is 5. The van der Waals surface area contributed by atoms with Gasteiger partial charge < -0.3 is 15.0 Å². The van der Waals surface area contributed by atoms with Crippen LogP contribution in [0, 0.1) is 0 Å². The summed E-state index contributed by atoms with van der Waals surface area (Å²) in [6, 6.07) is 6.29. The topological polar surface area (TPSA) is 79.0 Å². The fourth-order valence-corrected chi connectivity index (χ4v) is 5.45. The van der Waals surface area contributed by atoms with Gasteiger partial charge in [0.05, 0.1) is 18.0 Å². The maximum absolute atomic E-state index is 12.6. The summed E-state index contributed by atoms with van der Waals surface area (Å²) >= 11 is 1.85. The van der Waals surface area contributed by atoms with Crippen molar-refractivity contribution >= 4 is 27.8 Å². The van der Waals surface area contributed by atoms with Crippen LogP contribution in [0.5, 0.6) is 5.75 Å². The molecule has 2 heterocycles. The van der Waals surface area contributed by atoms with E-state index in [-0.39, 0.29) is 23.0 Å². The maximum atomic E-state index is 12.6. The molecule has 0 bridgehead atoms. The lowest BCUT2D eigenvalue weighted by Gasteiger charge is -2.40. The predicted octanol–water partition coefficient (Wildman–Crippen LogP) is 1.21. The number of hydrogen-bond donors (Lipinski definition) is 1. The molecule has 1 N–H and O–H groups in total. The van der Waals surface area contributed by atoms with E-state index in [9.17, 15) is 13.2 Å². The highest BCUT2D eigenvalue weighted by Crippen LogP contribution is 2.24. The monoisotopic (exact) mass is 385 g/mol. The maximum Gasteiger partial charge on any atom is 0.318 e. The van der Waals surface area contributed by atoms with Gasteiger partial charge in [0, 0.05) is 37.2 Å². The molecule has 25 heavy (non-hydrogen) atoms. The predicted molar refractivity (Wildman–Crippen MR) is 97.6 cm³/mol. The summed E-state index contributed by atoms with van der Waals surface area (Å²) in [5.41, 5.74) is 0. The third-order valence-corrected chi connectivity index (χ3v) is 7.54. The van der Waals surface area contributed by atoms with Crippen molar-refractivity contribution in [1.29, 1.82) is 0 Å².